The maximum absolute atomic E-state index is 16.3. The highest BCUT2D eigenvalue weighted by molar-refractivity contribution is 7.92. The van der Waals surface area contributed by atoms with E-state index in [0.29, 0.717) is 11.4 Å². The Labute approximate surface area is 219 Å². The minimum absolute atomic E-state index is 0.167. The maximum Gasteiger partial charge on any atom is 0.410 e. The molecule has 1 saturated heterocycles. The number of fused-ring (bicyclic) bond motifs is 1. The molecule has 0 spiro atoms. The molecular formula is C26H27FN6O4S. The first kappa shape index (κ1) is 25.7. The number of amides is 1. The number of nitrogens with zero attached hydrogens (tertiary/aromatic N) is 5. The number of aromatic nitrogens is 3. The van der Waals surface area contributed by atoms with E-state index in [9.17, 15) is 18.5 Å². The third-order valence-corrected chi connectivity index (χ3v) is 8.64. The first-order valence-corrected chi connectivity index (χ1v) is 13.6. The number of hydrogen-bond acceptors (Lipinski definition) is 7. The highest BCUT2D eigenvalue weighted by Gasteiger charge is 2.59. The largest absolute Gasteiger partial charge is 0.444 e. The van der Waals surface area contributed by atoms with Crippen LogP contribution in [0.15, 0.2) is 64.9 Å². The van der Waals surface area contributed by atoms with Gasteiger partial charge >= 0.3 is 6.09 Å². The lowest BCUT2D eigenvalue weighted by Gasteiger charge is -2.50. The van der Waals surface area contributed by atoms with Crippen LogP contribution in [0.4, 0.5) is 15.0 Å². The van der Waals surface area contributed by atoms with E-state index in [1.165, 1.54) is 40.0 Å². The van der Waals surface area contributed by atoms with Gasteiger partial charge in [0.05, 0.1) is 36.2 Å². The highest BCUT2D eigenvalue weighted by Crippen LogP contribution is 2.43. The van der Waals surface area contributed by atoms with Gasteiger partial charge in [-0.05, 0) is 44.5 Å². The second-order valence-electron chi connectivity index (χ2n) is 10.5. The molecule has 1 N–H and O–H groups in total. The highest BCUT2D eigenvalue weighted by atomic mass is 32.2. The van der Waals surface area contributed by atoms with Crippen LogP contribution < -0.4 is 0 Å². The van der Waals surface area contributed by atoms with Crippen molar-refractivity contribution in [2.24, 2.45) is 10.9 Å². The summed E-state index contributed by atoms with van der Waals surface area (Å²) in [6.07, 6.45) is 5.65. The van der Waals surface area contributed by atoms with E-state index in [1.54, 1.807) is 45.4 Å². The van der Waals surface area contributed by atoms with Gasteiger partial charge in [0.25, 0.3) is 0 Å². The number of carbonyl (C=O) groups is 1. The van der Waals surface area contributed by atoms with Gasteiger partial charge in [-0.2, -0.15) is 10.4 Å². The number of rotatable bonds is 5. The average molecular weight is 539 g/mol. The van der Waals surface area contributed by atoms with E-state index in [1.807, 2.05) is 6.07 Å². The van der Waals surface area contributed by atoms with Crippen LogP contribution in [0.2, 0.25) is 0 Å². The summed E-state index contributed by atoms with van der Waals surface area (Å²) in [5.41, 5.74) is -3.50. The SMILES string of the molecule is CC(C)(C)OC(=O)N1CC(C(F)S(=O)(=O)c2ccccc2)(n2cc(C3c4cc[nH]c4N=CC3C#N)cn2)C1. The molecule has 0 aliphatic carbocycles. The number of halogens is 1. The Hall–Kier alpha value is -3.98. The number of hydrogen-bond donors (Lipinski definition) is 1. The maximum atomic E-state index is 16.3. The van der Waals surface area contributed by atoms with Gasteiger partial charge < -0.3 is 14.6 Å². The summed E-state index contributed by atoms with van der Waals surface area (Å²) in [5.74, 6) is -0.421. The molecule has 1 amide bonds. The van der Waals surface area contributed by atoms with E-state index in [0.717, 1.165) is 5.56 Å². The number of sulfone groups is 1. The molecule has 2 aliphatic heterocycles. The zero-order valence-electron chi connectivity index (χ0n) is 21.1. The van der Waals surface area contributed by atoms with Crippen LogP contribution in [-0.2, 0) is 20.1 Å². The molecular weight excluding hydrogens is 511 g/mol. The number of H-pyrrole nitrogens is 1. The van der Waals surface area contributed by atoms with Crippen LogP contribution in [-0.4, -0.2) is 64.6 Å². The van der Waals surface area contributed by atoms with Gasteiger partial charge in [0, 0.05) is 30.1 Å². The normalized spacial score (nSPS) is 21.2. The molecule has 1 aromatic carbocycles. The van der Waals surface area contributed by atoms with Crippen LogP contribution in [0.3, 0.4) is 0 Å². The van der Waals surface area contributed by atoms with Gasteiger partial charge in [-0.15, -0.1) is 0 Å². The van der Waals surface area contributed by atoms with Crippen molar-refractivity contribution in [2.45, 2.75) is 48.2 Å². The Morgan fingerprint density at radius 2 is 1.97 bits per heavy atom. The Kier molecular flexibility index (Phi) is 6.14. The fraction of sp³-hybridized carbons (Fsp3) is 0.385. The van der Waals surface area contributed by atoms with E-state index in [2.05, 4.69) is 21.1 Å². The van der Waals surface area contributed by atoms with Crippen molar-refractivity contribution < 1.29 is 22.3 Å². The van der Waals surface area contributed by atoms with Crippen molar-refractivity contribution in [1.29, 1.82) is 5.26 Å². The molecule has 0 saturated carbocycles. The molecule has 5 rings (SSSR count). The quantitative estimate of drug-likeness (QED) is 0.524. The fourth-order valence-electron chi connectivity index (χ4n) is 4.89. The van der Waals surface area contributed by atoms with Crippen LogP contribution in [0.5, 0.6) is 0 Å². The van der Waals surface area contributed by atoms with Crippen molar-refractivity contribution in [3.63, 3.8) is 0 Å². The molecule has 198 valence electrons. The number of nitrogens with one attached hydrogen (secondary N) is 1. The number of nitriles is 1. The minimum atomic E-state index is -4.45. The lowest BCUT2D eigenvalue weighted by molar-refractivity contribution is -0.0490. The van der Waals surface area contributed by atoms with Crippen molar-refractivity contribution in [1.82, 2.24) is 19.7 Å². The molecule has 2 aromatic heterocycles. The third kappa shape index (κ3) is 4.26. The number of aromatic amines is 1. The number of carbonyl (C=O) groups excluding carboxylic acids is 1. The van der Waals surface area contributed by atoms with Gasteiger partial charge in [-0.1, -0.05) is 18.2 Å². The summed E-state index contributed by atoms with van der Waals surface area (Å²) in [7, 11) is -4.45. The zero-order chi connectivity index (χ0) is 27.3. The molecule has 3 atom stereocenters. The fourth-order valence-corrected chi connectivity index (χ4v) is 6.50. The molecule has 1 fully saturated rings. The van der Waals surface area contributed by atoms with Crippen LogP contribution in [0, 0.1) is 17.2 Å². The van der Waals surface area contributed by atoms with Gasteiger partial charge in [0.2, 0.25) is 15.3 Å². The standard InChI is InChI=1S/C26H27FN6O4S/c1-25(2,3)37-24(34)32-15-26(16-32,23(27)38(35,36)19-7-5-4-6-8-19)33-14-18(13-31-33)21-17(11-28)12-30-22-20(21)9-10-29-22/h4-10,12-14,17,21,23,29H,15-16H2,1-3H3. The van der Waals surface area contributed by atoms with Gasteiger partial charge in [-0.25, -0.2) is 22.6 Å². The third-order valence-electron chi connectivity index (χ3n) is 6.73. The predicted molar refractivity (Wildman–Crippen MR) is 136 cm³/mol. The van der Waals surface area contributed by atoms with Crippen molar-refractivity contribution >= 4 is 28.0 Å². The Morgan fingerprint density at radius 3 is 2.63 bits per heavy atom. The second kappa shape index (κ2) is 9.09. The zero-order valence-corrected chi connectivity index (χ0v) is 21.9. The van der Waals surface area contributed by atoms with Crippen LogP contribution in [0.1, 0.15) is 37.8 Å². The molecule has 2 aliphatic rings. The molecule has 3 aromatic rings. The second-order valence-corrected chi connectivity index (χ2v) is 12.5. The molecule has 12 heteroatoms. The van der Waals surface area contributed by atoms with Crippen LogP contribution in [0.25, 0.3) is 0 Å². The summed E-state index contributed by atoms with van der Waals surface area (Å²) in [5, 5.41) is 14.1. The summed E-state index contributed by atoms with van der Waals surface area (Å²) >= 11 is 0. The van der Waals surface area contributed by atoms with Crippen molar-refractivity contribution in [3.05, 3.63) is 66.1 Å². The average Bonchev–Trinajstić information content (AvgIpc) is 3.52. The van der Waals surface area contributed by atoms with Gasteiger partial charge in [0.1, 0.15) is 17.0 Å². The topological polar surface area (TPSA) is 133 Å². The Morgan fingerprint density at radius 1 is 1.26 bits per heavy atom. The summed E-state index contributed by atoms with van der Waals surface area (Å²) in [6, 6.07) is 11.4. The van der Waals surface area contributed by atoms with E-state index >= 15 is 4.39 Å². The first-order valence-electron chi connectivity index (χ1n) is 12.0. The van der Waals surface area contributed by atoms with Gasteiger partial charge in [-0.3, -0.25) is 4.68 Å². The van der Waals surface area contributed by atoms with E-state index < -0.39 is 44.4 Å². The van der Waals surface area contributed by atoms with Crippen molar-refractivity contribution in [3.8, 4) is 6.07 Å². The van der Waals surface area contributed by atoms with E-state index in [4.69, 9.17) is 4.74 Å². The Balaban J connectivity index is 1.53. The number of benzene rings is 1. The summed E-state index contributed by atoms with van der Waals surface area (Å²) < 4.78 is 49.7. The monoisotopic (exact) mass is 538 g/mol. The van der Waals surface area contributed by atoms with Crippen molar-refractivity contribution in [2.75, 3.05) is 13.1 Å². The molecule has 10 nitrogen and oxygen atoms in total. The molecule has 3 unspecified atom stereocenters. The smallest absolute Gasteiger partial charge is 0.410 e. The number of aliphatic imine (C=N–C) groups is 1. The molecule has 38 heavy (non-hydrogen) atoms. The number of ether oxygens (including phenoxy) is 1. The van der Waals surface area contributed by atoms with Gasteiger partial charge in [0.15, 0.2) is 0 Å². The first-order chi connectivity index (χ1) is 18.0. The molecule has 0 bridgehead atoms. The van der Waals surface area contributed by atoms with E-state index in [-0.39, 0.29) is 18.0 Å². The number of alkyl halides is 1. The van der Waals surface area contributed by atoms with Crippen LogP contribution >= 0.6 is 0 Å². The number of likely N-dealkylation sites (tertiary alicyclic amines) is 1. The lowest BCUT2D eigenvalue weighted by atomic mass is 9.82. The molecule has 0 radical (unpaired) electrons. The predicted octanol–water partition coefficient (Wildman–Crippen LogP) is 3.91. The molecule has 4 heterocycles. The summed E-state index contributed by atoms with van der Waals surface area (Å²) in [4.78, 5) is 21.1. The summed E-state index contributed by atoms with van der Waals surface area (Å²) in [6.45, 7) is 4.61. The lowest BCUT2D eigenvalue weighted by Crippen LogP contribution is -2.70. The Bertz CT molecular complexity index is 1530. The minimum Gasteiger partial charge on any atom is -0.444 e.